The smallest absolute Gasteiger partial charge is 0.133 e. The number of nitrogens with zero attached hydrogens (tertiary/aromatic N) is 1. The maximum atomic E-state index is 10.3. The molecular formula is C10H21NO2. The number of hydrogen-bond donors (Lipinski definition) is 1. The van der Waals surface area contributed by atoms with Gasteiger partial charge in [-0.2, -0.15) is 0 Å². The molecule has 13 heavy (non-hydrogen) atoms. The number of aliphatic hydroxyl groups is 1. The van der Waals surface area contributed by atoms with Gasteiger partial charge in [0.1, 0.15) is 6.29 Å². The predicted octanol–water partition coefficient (Wildman–Crippen LogP) is 0.916. The Balaban J connectivity index is 0.000000671. The topological polar surface area (TPSA) is 40.5 Å². The quantitative estimate of drug-likeness (QED) is 0.653. The van der Waals surface area contributed by atoms with E-state index < -0.39 is 0 Å². The second-order valence-electron chi connectivity index (χ2n) is 3.53. The fourth-order valence-corrected chi connectivity index (χ4v) is 1.72. The van der Waals surface area contributed by atoms with Crippen molar-refractivity contribution >= 4 is 6.29 Å². The van der Waals surface area contributed by atoms with E-state index in [1.165, 1.54) is 19.3 Å². The first-order chi connectivity index (χ1) is 6.33. The highest BCUT2D eigenvalue weighted by Gasteiger charge is 2.13. The minimum absolute atomic E-state index is 0.629. The number of rotatable bonds is 2. The SMILES string of the molecule is CC1CCCCN(CC=O)C1.CO. The molecule has 0 saturated carbocycles. The van der Waals surface area contributed by atoms with Gasteiger partial charge in [0, 0.05) is 13.7 Å². The maximum absolute atomic E-state index is 10.3. The maximum Gasteiger partial charge on any atom is 0.133 e. The van der Waals surface area contributed by atoms with Crippen LogP contribution in [0.1, 0.15) is 26.2 Å². The van der Waals surface area contributed by atoms with Gasteiger partial charge in [0.05, 0.1) is 6.54 Å². The first-order valence-electron chi connectivity index (χ1n) is 4.93. The molecule has 0 radical (unpaired) electrons. The summed E-state index contributed by atoms with van der Waals surface area (Å²) in [6.45, 7) is 5.12. The van der Waals surface area contributed by atoms with Gasteiger partial charge in [-0.05, 0) is 25.3 Å². The van der Waals surface area contributed by atoms with E-state index in [0.29, 0.717) is 6.54 Å². The van der Waals surface area contributed by atoms with Crippen LogP contribution in [0.4, 0.5) is 0 Å². The van der Waals surface area contributed by atoms with Gasteiger partial charge in [0.2, 0.25) is 0 Å². The third kappa shape index (κ3) is 5.77. The van der Waals surface area contributed by atoms with E-state index in [0.717, 1.165) is 32.4 Å². The molecule has 78 valence electrons. The fourth-order valence-electron chi connectivity index (χ4n) is 1.72. The lowest BCUT2D eigenvalue weighted by Gasteiger charge is -2.18. The summed E-state index contributed by atoms with van der Waals surface area (Å²) in [5, 5.41) is 7.00. The molecule has 0 aromatic heterocycles. The van der Waals surface area contributed by atoms with Gasteiger partial charge < -0.3 is 9.90 Å². The van der Waals surface area contributed by atoms with Crippen molar-refractivity contribution in [3.63, 3.8) is 0 Å². The summed E-state index contributed by atoms with van der Waals surface area (Å²) in [6.07, 6.45) is 4.93. The second kappa shape index (κ2) is 8.20. The molecule has 1 saturated heterocycles. The van der Waals surface area contributed by atoms with Gasteiger partial charge >= 0.3 is 0 Å². The minimum Gasteiger partial charge on any atom is -0.400 e. The van der Waals surface area contributed by atoms with Crippen molar-refractivity contribution < 1.29 is 9.90 Å². The molecule has 0 aromatic rings. The zero-order chi connectivity index (χ0) is 10.1. The fraction of sp³-hybridized carbons (Fsp3) is 0.900. The number of aldehydes is 1. The summed E-state index contributed by atoms with van der Waals surface area (Å²) in [4.78, 5) is 12.5. The lowest BCUT2D eigenvalue weighted by Crippen LogP contribution is -2.29. The number of hydrogen-bond acceptors (Lipinski definition) is 3. The van der Waals surface area contributed by atoms with Gasteiger partial charge in [-0.1, -0.05) is 13.3 Å². The number of aliphatic hydroxyl groups excluding tert-OH is 1. The van der Waals surface area contributed by atoms with Crippen LogP contribution < -0.4 is 0 Å². The Morgan fingerprint density at radius 1 is 1.46 bits per heavy atom. The predicted molar refractivity (Wildman–Crippen MR) is 53.7 cm³/mol. The molecule has 1 rings (SSSR count). The highest BCUT2D eigenvalue weighted by molar-refractivity contribution is 5.51. The Kier molecular flexibility index (Phi) is 7.94. The van der Waals surface area contributed by atoms with Crippen LogP contribution in [-0.4, -0.2) is 43.0 Å². The van der Waals surface area contributed by atoms with Crippen LogP contribution in [0.3, 0.4) is 0 Å². The molecule has 1 N–H and O–H groups in total. The van der Waals surface area contributed by atoms with Crippen molar-refractivity contribution in [1.29, 1.82) is 0 Å². The van der Waals surface area contributed by atoms with E-state index in [1.807, 2.05) is 0 Å². The van der Waals surface area contributed by atoms with Crippen LogP contribution in [0.15, 0.2) is 0 Å². The Morgan fingerprint density at radius 3 is 2.77 bits per heavy atom. The van der Waals surface area contributed by atoms with E-state index in [-0.39, 0.29) is 0 Å². The molecule has 1 heterocycles. The van der Waals surface area contributed by atoms with Gasteiger partial charge in [-0.25, -0.2) is 0 Å². The molecule has 1 fully saturated rings. The summed E-state index contributed by atoms with van der Waals surface area (Å²) in [5.74, 6) is 0.775. The molecule has 1 unspecified atom stereocenters. The highest BCUT2D eigenvalue weighted by Crippen LogP contribution is 2.14. The summed E-state index contributed by atoms with van der Waals surface area (Å²) >= 11 is 0. The van der Waals surface area contributed by atoms with Gasteiger partial charge in [-0.15, -0.1) is 0 Å². The molecule has 0 aliphatic carbocycles. The number of carbonyl (C=O) groups is 1. The average molecular weight is 187 g/mol. The van der Waals surface area contributed by atoms with Gasteiger partial charge in [0.25, 0.3) is 0 Å². The zero-order valence-electron chi connectivity index (χ0n) is 8.70. The Bertz CT molecular complexity index is 128. The van der Waals surface area contributed by atoms with Crippen molar-refractivity contribution in [3.8, 4) is 0 Å². The molecule has 1 aliphatic heterocycles. The van der Waals surface area contributed by atoms with Crippen molar-refractivity contribution in [2.75, 3.05) is 26.7 Å². The first kappa shape index (κ1) is 12.6. The Labute approximate surface area is 80.7 Å². The summed E-state index contributed by atoms with van der Waals surface area (Å²) in [7, 11) is 1.00. The molecule has 3 heteroatoms. The summed E-state index contributed by atoms with van der Waals surface area (Å²) in [6, 6.07) is 0. The van der Waals surface area contributed by atoms with Crippen LogP contribution in [0.5, 0.6) is 0 Å². The molecule has 3 nitrogen and oxygen atoms in total. The van der Waals surface area contributed by atoms with E-state index in [2.05, 4.69) is 11.8 Å². The zero-order valence-corrected chi connectivity index (χ0v) is 8.70. The summed E-state index contributed by atoms with van der Waals surface area (Å²) in [5.41, 5.74) is 0. The Morgan fingerprint density at radius 2 is 2.15 bits per heavy atom. The first-order valence-corrected chi connectivity index (χ1v) is 4.93. The van der Waals surface area contributed by atoms with Crippen LogP contribution in [0.25, 0.3) is 0 Å². The third-order valence-corrected chi connectivity index (χ3v) is 2.32. The lowest BCUT2D eigenvalue weighted by atomic mass is 10.1. The number of carbonyl (C=O) groups excluding carboxylic acids is 1. The minimum atomic E-state index is 0.629. The normalized spacial score (nSPS) is 24.1. The monoisotopic (exact) mass is 187 g/mol. The lowest BCUT2D eigenvalue weighted by molar-refractivity contribution is -0.108. The van der Waals surface area contributed by atoms with E-state index in [4.69, 9.17) is 5.11 Å². The van der Waals surface area contributed by atoms with Gasteiger partial charge in [0.15, 0.2) is 0 Å². The molecule has 1 aliphatic rings. The standard InChI is InChI=1S/C9H17NO.CH4O/c1-9-4-2-3-5-10(8-9)6-7-11;1-2/h7,9H,2-6,8H2,1H3;2H,1H3. The average Bonchev–Trinajstić information content (AvgIpc) is 2.34. The molecule has 0 amide bonds. The Hall–Kier alpha value is -0.410. The summed E-state index contributed by atoms with van der Waals surface area (Å²) < 4.78 is 0. The van der Waals surface area contributed by atoms with Crippen molar-refractivity contribution in [2.45, 2.75) is 26.2 Å². The van der Waals surface area contributed by atoms with Crippen LogP contribution in [-0.2, 0) is 4.79 Å². The second-order valence-corrected chi connectivity index (χ2v) is 3.53. The van der Waals surface area contributed by atoms with Crippen molar-refractivity contribution in [1.82, 2.24) is 4.90 Å². The van der Waals surface area contributed by atoms with Crippen LogP contribution >= 0.6 is 0 Å². The van der Waals surface area contributed by atoms with Crippen molar-refractivity contribution in [2.24, 2.45) is 5.92 Å². The number of likely N-dealkylation sites (tertiary alicyclic amines) is 1. The van der Waals surface area contributed by atoms with E-state index in [9.17, 15) is 4.79 Å². The van der Waals surface area contributed by atoms with Crippen LogP contribution in [0, 0.1) is 5.92 Å². The third-order valence-electron chi connectivity index (χ3n) is 2.32. The van der Waals surface area contributed by atoms with Gasteiger partial charge in [-0.3, -0.25) is 4.90 Å². The molecule has 0 spiro atoms. The van der Waals surface area contributed by atoms with Crippen LogP contribution in [0.2, 0.25) is 0 Å². The van der Waals surface area contributed by atoms with E-state index in [1.54, 1.807) is 0 Å². The highest BCUT2D eigenvalue weighted by atomic mass is 16.2. The molecule has 0 aromatic carbocycles. The van der Waals surface area contributed by atoms with E-state index >= 15 is 0 Å². The van der Waals surface area contributed by atoms with Crippen molar-refractivity contribution in [3.05, 3.63) is 0 Å². The molecular weight excluding hydrogens is 166 g/mol. The molecule has 1 atom stereocenters. The molecule has 0 bridgehead atoms. The largest absolute Gasteiger partial charge is 0.400 e.